The maximum atomic E-state index is 13.0. The third-order valence-corrected chi connectivity index (χ3v) is 2.48. The van der Waals surface area contributed by atoms with E-state index in [9.17, 15) is 17.6 Å². The summed E-state index contributed by atoms with van der Waals surface area (Å²) in [5.74, 6) is -0.235. The van der Waals surface area contributed by atoms with Gasteiger partial charge >= 0.3 is 10.9 Å². The molecule has 0 saturated heterocycles. The largest absolute Gasteiger partial charge is 0.472 e. The van der Waals surface area contributed by atoms with Crippen LogP contribution in [0.15, 0.2) is 28.7 Å². The van der Waals surface area contributed by atoms with Gasteiger partial charge in [-0.1, -0.05) is 22.0 Å². The zero-order valence-electron chi connectivity index (χ0n) is 6.99. The monoisotopic (exact) mass is 350 g/mol. The summed E-state index contributed by atoms with van der Waals surface area (Å²) < 4.78 is 49.9. The summed E-state index contributed by atoms with van der Waals surface area (Å²) in [5, 5.41) is 0. The Labute approximate surface area is 99.7 Å². The molecule has 0 amide bonds. The summed E-state index contributed by atoms with van der Waals surface area (Å²) in [6.07, 6.45) is -5.14. The van der Waals surface area contributed by atoms with Gasteiger partial charge in [0.2, 0.25) is 0 Å². The van der Waals surface area contributed by atoms with E-state index < -0.39 is 10.9 Å². The Morgan fingerprint density at radius 3 is 2.20 bits per heavy atom. The van der Waals surface area contributed by atoms with Crippen molar-refractivity contribution in [3.8, 4) is 5.75 Å². The van der Waals surface area contributed by atoms with Crippen molar-refractivity contribution in [1.29, 1.82) is 0 Å². The summed E-state index contributed by atoms with van der Waals surface area (Å²) in [5.41, 5.74) is 0. The molecule has 1 unspecified atom stereocenters. The van der Waals surface area contributed by atoms with E-state index in [1.54, 1.807) is 6.07 Å². The van der Waals surface area contributed by atoms with Crippen LogP contribution in [0.4, 0.5) is 17.6 Å². The molecule has 0 N–H and O–H groups in total. The molecule has 0 spiro atoms. The van der Waals surface area contributed by atoms with Crippen molar-refractivity contribution >= 4 is 31.9 Å². The minimum Gasteiger partial charge on any atom is -0.442 e. The van der Waals surface area contributed by atoms with Crippen LogP contribution in [0.1, 0.15) is 0 Å². The van der Waals surface area contributed by atoms with Gasteiger partial charge in [0.1, 0.15) is 5.75 Å². The van der Waals surface area contributed by atoms with E-state index in [4.69, 9.17) is 0 Å². The summed E-state index contributed by atoms with van der Waals surface area (Å²) in [7, 11) is 0. The van der Waals surface area contributed by atoms with Crippen LogP contribution < -0.4 is 4.74 Å². The normalized spacial score (nSPS) is 15.9. The van der Waals surface area contributed by atoms with E-state index in [1.165, 1.54) is 18.2 Å². The van der Waals surface area contributed by atoms with Gasteiger partial charge < -0.3 is 4.74 Å². The van der Waals surface area contributed by atoms with Gasteiger partial charge in [-0.15, -0.1) is 0 Å². The van der Waals surface area contributed by atoms with E-state index in [1.807, 2.05) is 15.9 Å². The number of hydrogen-bond donors (Lipinski definition) is 0. The highest BCUT2D eigenvalue weighted by atomic mass is 79.9. The third kappa shape index (κ3) is 3.34. The Kier molecular flexibility index (Phi) is 3.65. The number of ether oxygens (including phenoxy) is 1. The van der Waals surface area contributed by atoms with Crippen molar-refractivity contribution in [1.82, 2.24) is 0 Å². The van der Waals surface area contributed by atoms with Crippen molar-refractivity contribution in [2.24, 2.45) is 0 Å². The van der Waals surface area contributed by atoms with Crippen LogP contribution in [0.25, 0.3) is 0 Å². The smallest absolute Gasteiger partial charge is 0.442 e. The van der Waals surface area contributed by atoms with Crippen LogP contribution >= 0.6 is 31.9 Å². The molecular formula is C8H4Br2F4O. The molecule has 0 aromatic heterocycles. The lowest BCUT2D eigenvalue weighted by Gasteiger charge is -2.22. The van der Waals surface area contributed by atoms with Crippen LogP contribution in [-0.2, 0) is 0 Å². The summed E-state index contributed by atoms with van der Waals surface area (Å²) >= 11 is 4.86. The van der Waals surface area contributed by atoms with Gasteiger partial charge in [-0.3, -0.25) is 0 Å². The Morgan fingerprint density at radius 2 is 1.73 bits per heavy atom. The molecule has 0 bridgehead atoms. The van der Waals surface area contributed by atoms with Crippen LogP contribution in [0.3, 0.4) is 0 Å². The number of benzene rings is 1. The second kappa shape index (κ2) is 4.29. The molecule has 1 atom stereocenters. The van der Waals surface area contributed by atoms with Gasteiger partial charge in [-0.25, -0.2) is 0 Å². The molecule has 0 aliphatic rings. The standard InChI is InChI=1S/C8H4Br2F4O/c9-5-2-1-3-6(4-5)15-7(10,11)8(12,13)14/h1-4H. The summed E-state index contributed by atoms with van der Waals surface area (Å²) in [4.78, 5) is 0. The molecule has 1 aromatic rings. The van der Waals surface area contributed by atoms with E-state index in [2.05, 4.69) is 20.7 Å². The molecule has 1 rings (SSSR count). The Bertz CT molecular complexity index is 351. The number of rotatable bonds is 2. The molecule has 1 aromatic carbocycles. The SMILES string of the molecule is FC(F)(F)C(F)(Br)Oc1cccc(Br)c1. The van der Waals surface area contributed by atoms with E-state index >= 15 is 0 Å². The van der Waals surface area contributed by atoms with Gasteiger partial charge in [0.05, 0.1) is 0 Å². The Balaban J connectivity index is 2.87. The quantitative estimate of drug-likeness (QED) is 0.566. The Morgan fingerprint density at radius 1 is 1.13 bits per heavy atom. The van der Waals surface area contributed by atoms with Gasteiger partial charge in [0.25, 0.3) is 0 Å². The average Bonchev–Trinajstić information content (AvgIpc) is 2.00. The highest BCUT2D eigenvalue weighted by Gasteiger charge is 2.57. The molecule has 1 nitrogen and oxygen atoms in total. The number of hydrogen-bond acceptors (Lipinski definition) is 1. The molecule has 7 heteroatoms. The maximum absolute atomic E-state index is 13.0. The van der Waals surface area contributed by atoms with Crippen LogP contribution in [0, 0.1) is 0 Å². The average molecular weight is 352 g/mol. The molecule has 84 valence electrons. The van der Waals surface area contributed by atoms with Crippen molar-refractivity contribution < 1.29 is 22.3 Å². The van der Waals surface area contributed by atoms with Crippen molar-refractivity contribution in [3.63, 3.8) is 0 Å². The van der Waals surface area contributed by atoms with E-state index in [-0.39, 0.29) is 5.75 Å². The van der Waals surface area contributed by atoms with Crippen molar-refractivity contribution in [2.45, 2.75) is 10.9 Å². The lowest BCUT2D eigenvalue weighted by Crippen LogP contribution is -2.40. The van der Waals surface area contributed by atoms with E-state index in [0.29, 0.717) is 4.47 Å². The predicted molar refractivity (Wildman–Crippen MR) is 53.6 cm³/mol. The van der Waals surface area contributed by atoms with Gasteiger partial charge in [0.15, 0.2) is 0 Å². The van der Waals surface area contributed by atoms with Crippen LogP contribution in [0.2, 0.25) is 0 Å². The second-order valence-corrected chi connectivity index (χ2v) is 4.51. The van der Waals surface area contributed by atoms with Crippen molar-refractivity contribution in [2.75, 3.05) is 0 Å². The maximum Gasteiger partial charge on any atom is 0.472 e. The zero-order chi connectivity index (χ0) is 11.7. The first-order valence-electron chi connectivity index (χ1n) is 3.61. The molecule has 0 aliphatic heterocycles. The fourth-order valence-electron chi connectivity index (χ4n) is 0.736. The molecular weight excluding hydrogens is 348 g/mol. The zero-order valence-corrected chi connectivity index (χ0v) is 10.2. The minimum atomic E-state index is -5.14. The number of halogens is 6. The lowest BCUT2D eigenvalue weighted by molar-refractivity contribution is -0.252. The van der Waals surface area contributed by atoms with Crippen molar-refractivity contribution in [3.05, 3.63) is 28.7 Å². The summed E-state index contributed by atoms with van der Waals surface area (Å²) in [6.45, 7) is 0. The topological polar surface area (TPSA) is 9.23 Å². The van der Waals surface area contributed by atoms with Gasteiger partial charge in [-0.05, 0) is 18.2 Å². The summed E-state index contributed by atoms with van der Waals surface area (Å²) in [6, 6.07) is 5.45. The fourth-order valence-corrected chi connectivity index (χ4v) is 1.30. The highest BCUT2D eigenvalue weighted by Crippen LogP contribution is 2.41. The van der Waals surface area contributed by atoms with Gasteiger partial charge in [0, 0.05) is 20.4 Å². The van der Waals surface area contributed by atoms with Gasteiger partial charge in [-0.2, -0.15) is 17.6 Å². The molecule has 0 saturated carbocycles. The highest BCUT2D eigenvalue weighted by molar-refractivity contribution is 9.10. The fraction of sp³-hybridized carbons (Fsp3) is 0.250. The van der Waals surface area contributed by atoms with E-state index in [0.717, 1.165) is 0 Å². The first-order chi connectivity index (χ1) is 6.72. The predicted octanol–water partition coefficient (Wildman–Crippen LogP) is 4.41. The lowest BCUT2D eigenvalue weighted by atomic mass is 10.3. The second-order valence-electron chi connectivity index (χ2n) is 2.57. The number of alkyl halides is 5. The van der Waals surface area contributed by atoms with Crippen LogP contribution in [-0.4, -0.2) is 10.9 Å². The third-order valence-electron chi connectivity index (χ3n) is 1.37. The minimum absolute atomic E-state index is 0.235. The molecule has 15 heavy (non-hydrogen) atoms. The molecule has 0 radical (unpaired) electrons. The first-order valence-corrected chi connectivity index (χ1v) is 5.20. The molecule has 0 heterocycles. The molecule has 0 aliphatic carbocycles. The first kappa shape index (κ1) is 12.8. The van der Waals surface area contributed by atoms with Crippen LogP contribution in [0.5, 0.6) is 5.75 Å². The Hall–Kier alpha value is -0.300. The molecule has 0 fully saturated rings.